The quantitative estimate of drug-likeness (QED) is 0.898. The zero-order valence-corrected chi connectivity index (χ0v) is 13.3. The largest absolute Gasteiger partial charge is 0.370 e. The number of rotatable bonds is 5. The molecule has 1 fully saturated rings. The summed E-state index contributed by atoms with van der Waals surface area (Å²) in [6.45, 7) is 8.08. The highest BCUT2D eigenvalue weighted by Crippen LogP contribution is 2.38. The van der Waals surface area contributed by atoms with E-state index in [4.69, 9.17) is 14.7 Å². The lowest BCUT2D eigenvalue weighted by molar-refractivity contribution is -0.0517. The van der Waals surface area contributed by atoms with Crippen LogP contribution in [0.15, 0.2) is 0 Å². The first-order chi connectivity index (χ1) is 9.63. The molecule has 0 atom stereocenters. The Labute approximate surface area is 122 Å². The molecule has 4 nitrogen and oxygen atoms in total. The van der Waals surface area contributed by atoms with Crippen LogP contribution in [0.2, 0.25) is 0 Å². The van der Waals surface area contributed by atoms with Crippen LogP contribution in [-0.4, -0.2) is 23.6 Å². The van der Waals surface area contributed by atoms with Gasteiger partial charge in [-0.2, -0.15) is 0 Å². The van der Waals surface area contributed by atoms with Gasteiger partial charge in [-0.05, 0) is 33.2 Å². The van der Waals surface area contributed by atoms with E-state index in [0.29, 0.717) is 0 Å². The minimum atomic E-state index is -0.259. The van der Waals surface area contributed by atoms with E-state index in [-0.39, 0.29) is 5.60 Å². The van der Waals surface area contributed by atoms with Gasteiger partial charge in [0.25, 0.3) is 0 Å². The van der Waals surface area contributed by atoms with Crippen molar-refractivity contribution in [2.45, 2.75) is 65.0 Å². The molecule has 1 aliphatic carbocycles. The smallest absolute Gasteiger partial charge is 0.160 e. The van der Waals surface area contributed by atoms with E-state index in [1.54, 1.807) is 7.11 Å². The first kappa shape index (κ1) is 15.4. The SMILES string of the molecule is CCNCc1c(C)nc(C2(OC)CCCCC2)nc1C. The summed E-state index contributed by atoms with van der Waals surface area (Å²) >= 11 is 0. The zero-order chi connectivity index (χ0) is 14.6. The van der Waals surface area contributed by atoms with Crippen LogP contribution in [-0.2, 0) is 16.9 Å². The predicted molar refractivity (Wildman–Crippen MR) is 80.7 cm³/mol. The highest BCUT2D eigenvalue weighted by molar-refractivity contribution is 5.26. The average Bonchev–Trinajstić information content (AvgIpc) is 2.47. The van der Waals surface area contributed by atoms with Crippen molar-refractivity contribution in [2.75, 3.05) is 13.7 Å². The third kappa shape index (κ3) is 3.01. The highest BCUT2D eigenvalue weighted by atomic mass is 16.5. The van der Waals surface area contributed by atoms with Crippen LogP contribution in [0.5, 0.6) is 0 Å². The number of ether oxygens (including phenoxy) is 1. The molecule has 0 bridgehead atoms. The van der Waals surface area contributed by atoms with Gasteiger partial charge >= 0.3 is 0 Å². The van der Waals surface area contributed by atoms with Crippen molar-refractivity contribution in [3.63, 3.8) is 0 Å². The molecule has 1 aromatic rings. The molecular formula is C16H27N3O. The van der Waals surface area contributed by atoms with E-state index < -0.39 is 0 Å². The number of aromatic nitrogens is 2. The van der Waals surface area contributed by atoms with Gasteiger partial charge in [-0.1, -0.05) is 26.2 Å². The monoisotopic (exact) mass is 277 g/mol. The van der Waals surface area contributed by atoms with Gasteiger partial charge in [0.05, 0.1) is 0 Å². The Bertz CT molecular complexity index is 430. The van der Waals surface area contributed by atoms with Crippen molar-refractivity contribution in [2.24, 2.45) is 0 Å². The normalized spacial score (nSPS) is 18.2. The second kappa shape index (κ2) is 6.64. The molecule has 4 heteroatoms. The van der Waals surface area contributed by atoms with Crippen LogP contribution < -0.4 is 5.32 Å². The lowest BCUT2D eigenvalue weighted by atomic mass is 9.83. The second-order valence-electron chi connectivity index (χ2n) is 5.74. The first-order valence-corrected chi connectivity index (χ1v) is 7.73. The van der Waals surface area contributed by atoms with E-state index in [1.165, 1.54) is 24.8 Å². The van der Waals surface area contributed by atoms with Gasteiger partial charge in [0, 0.05) is 30.6 Å². The van der Waals surface area contributed by atoms with Gasteiger partial charge in [-0.25, -0.2) is 9.97 Å². The van der Waals surface area contributed by atoms with E-state index >= 15 is 0 Å². The molecule has 0 aromatic carbocycles. The van der Waals surface area contributed by atoms with Crippen LogP contribution in [0.3, 0.4) is 0 Å². The lowest BCUT2D eigenvalue weighted by Gasteiger charge is -2.35. The Balaban J connectivity index is 2.32. The van der Waals surface area contributed by atoms with Gasteiger partial charge < -0.3 is 10.1 Å². The first-order valence-electron chi connectivity index (χ1n) is 7.73. The lowest BCUT2D eigenvalue weighted by Crippen LogP contribution is -2.34. The summed E-state index contributed by atoms with van der Waals surface area (Å²) in [6, 6.07) is 0. The maximum atomic E-state index is 5.86. The summed E-state index contributed by atoms with van der Waals surface area (Å²) in [4.78, 5) is 9.55. The van der Waals surface area contributed by atoms with Crippen molar-refractivity contribution < 1.29 is 4.74 Å². The van der Waals surface area contributed by atoms with Gasteiger partial charge in [0.15, 0.2) is 5.82 Å². The molecule has 0 spiro atoms. The van der Waals surface area contributed by atoms with Crippen molar-refractivity contribution in [1.82, 2.24) is 15.3 Å². The summed E-state index contributed by atoms with van der Waals surface area (Å²) in [5.74, 6) is 0.884. The Hall–Kier alpha value is -1.00. The molecule has 0 aliphatic heterocycles. The molecule has 1 aliphatic rings. The van der Waals surface area contributed by atoms with E-state index in [1.807, 2.05) is 0 Å². The third-order valence-electron chi connectivity index (χ3n) is 4.43. The van der Waals surface area contributed by atoms with Crippen LogP contribution in [0, 0.1) is 13.8 Å². The summed E-state index contributed by atoms with van der Waals surface area (Å²) in [7, 11) is 1.80. The number of hydrogen-bond donors (Lipinski definition) is 1. The third-order valence-corrected chi connectivity index (χ3v) is 4.43. The van der Waals surface area contributed by atoms with Gasteiger partial charge in [0.1, 0.15) is 5.60 Å². The maximum Gasteiger partial charge on any atom is 0.160 e. The van der Waals surface area contributed by atoms with E-state index in [2.05, 4.69) is 26.1 Å². The molecule has 20 heavy (non-hydrogen) atoms. The summed E-state index contributed by atoms with van der Waals surface area (Å²) < 4.78 is 5.86. The highest BCUT2D eigenvalue weighted by Gasteiger charge is 2.37. The summed E-state index contributed by atoms with van der Waals surface area (Å²) in [6.07, 6.45) is 5.77. The molecule has 0 radical (unpaired) electrons. The van der Waals surface area contributed by atoms with Gasteiger partial charge in [0.2, 0.25) is 0 Å². The Morgan fingerprint density at radius 2 is 1.70 bits per heavy atom. The molecule has 2 rings (SSSR count). The fourth-order valence-electron chi connectivity index (χ4n) is 3.09. The standard InChI is InChI=1S/C16H27N3O/c1-5-17-11-14-12(2)18-15(19-13(14)3)16(20-4)9-7-6-8-10-16/h17H,5-11H2,1-4H3. The van der Waals surface area contributed by atoms with Crippen LogP contribution >= 0.6 is 0 Å². The minimum Gasteiger partial charge on any atom is -0.370 e. The number of aryl methyl sites for hydroxylation is 2. The zero-order valence-electron chi connectivity index (χ0n) is 13.3. The van der Waals surface area contributed by atoms with Gasteiger partial charge in [-0.3, -0.25) is 0 Å². The Kier molecular flexibility index (Phi) is 5.11. The average molecular weight is 277 g/mol. The summed E-state index contributed by atoms with van der Waals surface area (Å²) in [5.41, 5.74) is 3.12. The number of methoxy groups -OCH3 is 1. The minimum absolute atomic E-state index is 0.259. The predicted octanol–water partition coefficient (Wildman–Crippen LogP) is 3.01. The molecule has 0 unspecified atom stereocenters. The fourth-order valence-corrected chi connectivity index (χ4v) is 3.09. The number of nitrogens with one attached hydrogen (secondary N) is 1. The van der Waals surface area contributed by atoms with Crippen LogP contribution in [0.4, 0.5) is 0 Å². The molecule has 0 amide bonds. The fraction of sp³-hybridized carbons (Fsp3) is 0.750. The van der Waals surface area contributed by atoms with E-state index in [9.17, 15) is 0 Å². The number of nitrogens with zero attached hydrogens (tertiary/aromatic N) is 2. The second-order valence-corrected chi connectivity index (χ2v) is 5.74. The molecule has 1 heterocycles. The molecule has 0 saturated heterocycles. The van der Waals surface area contributed by atoms with Gasteiger partial charge in [-0.15, -0.1) is 0 Å². The molecular weight excluding hydrogens is 250 g/mol. The van der Waals surface area contributed by atoms with Crippen LogP contribution in [0.1, 0.15) is 61.8 Å². The van der Waals surface area contributed by atoms with Crippen molar-refractivity contribution in [3.8, 4) is 0 Å². The van der Waals surface area contributed by atoms with Crippen molar-refractivity contribution in [1.29, 1.82) is 0 Å². The number of hydrogen-bond acceptors (Lipinski definition) is 4. The van der Waals surface area contributed by atoms with E-state index in [0.717, 1.165) is 43.1 Å². The van der Waals surface area contributed by atoms with Crippen molar-refractivity contribution >= 4 is 0 Å². The molecule has 1 saturated carbocycles. The maximum absolute atomic E-state index is 5.86. The molecule has 1 aromatic heterocycles. The Morgan fingerprint density at radius 1 is 1.10 bits per heavy atom. The Morgan fingerprint density at radius 3 is 2.20 bits per heavy atom. The molecule has 1 N–H and O–H groups in total. The molecule has 112 valence electrons. The topological polar surface area (TPSA) is 47.0 Å². The van der Waals surface area contributed by atoms with Crippen molar-refractivity contribution in [3.05, 3.63) is 22.8 Å². The summed E-state index contributed by atoms with van der Waals surface area (Å²) in [5, 5.41) is 3.36. The van der Waals surface area contributed by atoms with Crippen LogP contribution in [0.25, 0.3) is 0 Å².